The lowest BCUT2D eigenvalue weighted by molar-refractivity contribution is -0.139. The molecule has 3 aliphatic rings. The number of amides is 1. The number of ether oxygens (including phenoxy) is 1. The molecule has 4 nitrogen and oxygen atoms in total. The molecule has 0 aromatic heterocycles. The van der Waals surface area contributed by atoms with Crippen LogP contribution in [0.1, 0.15) is 12.0 Å². The molecule has 2 fully saturated rings. The van der Waals surface area contributed by atoms with Gasteiger partial charge in [0, 0.05) is 13.1 Å². The van der Waals surface area contributed by atoms with Gasteiger partial charge in [-0.1, -0.05) is 18.2 Å². The molecule has 120 valence electrons. The highest BCUT2D eigenvalue weighted by molar-refractivity contribution is 5.85. The van der Waals surface area contributed by atoms with Crippen LogP contribution in [-0.2, 0) is 11.2 Å². The van der Waals surface area contributed by atoms with Gasteiger partial charge in [0.1, 0.15) is 12.4 Å². The van der Waals surface area contributed by atoms with E-state index in [1.54, 1.807) is 0 Å². The second kappa shape index (κ2) is 6.47. The molecule has 4 rings (SSSR count). The molecular formula is C17H23ClN2O2. The summed E-state index contributed by atoms with van der Waals surface area (Å²) in [5.74, 6) is 2.65. The van der Waals surface area contributed by atoms with Gasteiger partial charge < -0.3 is 15.0 Å². The van der Waals surface area contributed by atoms with Gasteiger partial charge in [0.15, 0.2) is 0 Å². The summed E-state index contributed by atoms with van der Waals surface area (Å²) < 4.78 is 5.77. The minimum absolute atomic E-state index is 0. The largest absolute Gasteiger partial charge is 0.492 e. The van der Waals surface area contributed by atoms with E-state index in [0.29, 0.717) is 12.5 Å². The molecule has 0 saturated carbocycles. The number of benzene rings is 1. The lowest BCUT2D eigenvalue weighted by atomic mass is 9.87. The van der Waals surface area contributed by atoms with Gasteiger partial charge in [0.05, 0.1) is 5.92 Å². The maximum Gasteiger partial charge on any atom is 0.229 e. The molecule has 1 aromatic carbocycles. The third-order valence-electron chi connectivity index (χ3n) is 5.24. The molecule has 3 unspecified atom stereocenters. The van der Waals surface area contributed by atoms with Crippen molar-refractivity contribution in [3.05, 3.63) is 29.8 Å². The standard InChI is InChI=1S/C17H22N2O2.ClH/c20-17(19-6-5-13-8-18-9-15(13)10-19)14-7-12-3-1-2-4-16(12)21-11-14;/h1-4,13-15,18H,5-11H2;1H. The van der Waals surface area contributed by atoms with E-state index in [2.05, 4.69) is 16.3 Å². The van der Waals surface area contributed by atoms with Crippen molar-refractivity contribution in [3.8, 4) is 5.75 Å². The zero-order chi connectivity index (χ0) is 14.2. The molecule has 22 heavy (non-hydrogen) atoms. The molecule has 1 N–H and O–H groups in total. The van der Waals surface area contributed by atoms with E-state index in [1.807, 2.05) is 18.2 Å². The van der Waals surface area contributed by atoms with E-state index in [0.717, 1.165) is 50.7 Å². The van der Waals surface area contributed by atoms with Gasteiger partial charge in [0.25, 0.3) is 0 Å². The molecule has 0 radical (unpaired) electrons. The zero-order valence-electron chi connectivity index (χ0n) is 12.7. The predicted octanol–water partition coefficient (Wildman–Crippen LogP) is 1.73. The fourth-order valence-corrected chi connectivity index (χ4v) is 3.98. The Morgan fingerprint density at radius 1 is 1.23 bits per heavy atom. The molecule has 3 aliphatic heterocycles. The summed E-state index contributed by atoms with van der Waals surface area (Å²) in [7, 11) is 0. The Kier molecular flexibility index (Phi) is 4.59. The van der Waals surface area contributed by atoms with Gasteiger partial charge in [-0.3, -0.25) is 4.79 Å². The minimum Gasteiger partial charge on any atom is -0.492 e. The first-order valence-corrected chi connectivity index (χ1v) is 8.01. The number of likely N-dealkylation sites (tertiary alicyclic amines) is 1. The number of nitrogens with one attached hydrogen (secondary N) is 1. The predicted molar refractivity (Wildman–Crippen MR) is 87.4 cm³/mol. The molecule has 2 saturated heterocycles. The number of nitrogens with zero attached hydrogens (tertiary/aromatic N) is 1. The molecule has 3 heterocycles. The van der Waals surface area contributed by atoms with Crippen LogP contribution < -0.4 is 10.1 Å². The van der Waals surface area contributed by atoms with Crippen molar-refractivity contribution in [2.75, 3.05) is 32.8 Å². The van der Waals surface area contributed by atoms with Gasteiger partial charge in [-0.2, -0.15) is 0 Å². The first-order valence-electron chi connectivity index (χ1n) is 8.01. The Hall–Kier alpha value is -1.26. The van der Waals surface area contributed by atoms with Crippen LogP contribution in [-0.4, -0.2) is 43.6 Å². The average molecular weight is 323 g/mol. The number of hydrogen-bond donors (Lipinski definition) is 1. The maximum absolute atomic E-state index is 12.8. The number of rotatable bonds is 1. The Balaban J connectivity index is 0.00000144. The number of carbonyl (C=O) groups is 1. The fraction of sp³-hybridized carbons (Fsp3) is 0.588. The highest BCUT2D eigenvalue weighted by atomic mass is 35.5. The van der Waals surface area contributed by atoms with Crippen LogP contribution in [0.2, 0.25) is 0 Å². The van der Waals surface area contributed by atoms with E-state index >= 15 is 0 Å². The Morgan fingerprint density at radius 3 is 2.95 bits per heavy atom. The number of fused-ring (bicyclic) bond motifs is 2. The zero-order valence-corrected chi connectivity index (χ0v) is 13.5. The lowest BCUT2D eigenvalue weighted by Crippen LogP contribution is -2.47. The van der Waals surface area contributed by atoms with Gasteiger partial charge >= 0.3 is 0 Å². The maximum atomic E-state index is 12.8. The summed E-state index contributed by atoms with van der Waals surface area (Å²) in [6, 6.07) is 8.07. The summed E-state index contributed by atoms with van der Waals surface area (Å²) in [6.07, 6.45) is 1.96. The van der Waals surface area contributed by atoms with Crippen molar-refractivity contribution in [3.63, 3.8) is 0 Å². The number of halogens is 1. The fourth-order valence-electron chi connectivity index (χ4n) is 3.98. The number of para-hydroxylation sites is 1. The SMILES string of the molecule is Cl.O=C(C1COc2ccccc2C1)N1CCC2CNCC2C1. The average Bonchev–Trinajstić information content (AvgIpc) is 3.01. The third-order valence-corrected chi connectivity index (χ3v) is 5.24. The van der Waals surface area contributed by atoms with E-state index in [4.69, 9.17) is 4.74 Å². The van der Waals surface area contributed by atoms with Crippen LogP contribution >= 0.6 is 12.4 Å². The molecule has 1 aromatic rings. The molecule has 3 atom stereocenters. The Labute approximate surface area is 137 Å². The van der Waals surface area contributed by atoms with E-state index in [9.17, 15) is 4.79 Å². The van der Waals surface area contributed by atoms with Crippen molar-refractivity contribution in [1.82, 2.24) is 10.2 Å². The van der Waals surface area contributed by atoms with Gasteiger partial charge in [-0.15, -0.1) is 12.4 Å². The molecule has 0 aliphatic carbocycles. The Morgan fingerprint density at radius 2 is 2.05 bits per heavy atom. The highest BCUT2D eigenvalue weighted by Crippen LogP contribution is 2.31. The van der Waals surface area contributed by atoms with E-state index in [1.165, 1.54) is 5.56 Å². The summed E-state index contributed by atoms with van der Waals surface area (Å²) in [4.78, 5) is 14.9. The van der Waals surface area contributed by atoms with Crippen LogP contribution in [0, 0.1) is 17.8 Å². The number of hydrogen-bond acceptors (Lipinski definition) is 3. The second-order valence-electron chi connectivity index (χ2n) is 6.57. The first kappa shape index (κ1) is 15.6. The molecule has 1 amide bonds. The Bertz CT molecular complexity index is 551. The van der Waals surface area contributed by atoms with Crippen LogP contribution in [0.15, 0.2) is 24.3 Å². The smallest absolute Gasteiger partial charge is 0.229 e. The van der Waals surface area contributed by atoms with Crippen LogP contribution in [0.3, 0.4) is 0 Å². The normalized spacial score (nSPS) is 29.8. The van der Waals surface area contributed by atoms with Crippen molar-refractivity contribution in [2.45, 2.75) is 12.8 Å². The van der Waals surface area contributed by atoms with Crippen LogP contribution in [0.5, 0.6) is 5.75 Å². The number of carbonyl (C=O) groups excluding carboxylic acids is 1. The minimum atomic E-state index is -0.00851. The summed E-state index contributed by atoms with van der Waals surface area (Å²) >= 11 is 0. The van der Waals surface area contributed by atoms with Gasteiger partial charge in [-0.25, -0.2) is 0 Å². The van der Waals surface area contributed by atoms with Crippen molar-refractivity contribution in [2.24, 2.45) is 17.8 Å². The summed E-state index contributed by atoms with van der Waals surface area (Å²) in [5, 5.41) is 3.45. The molecule has 0 bridgehead atoms. The monoisotopic (exact) mass is 322 g/mol. The molecular weight excluding hydrogens is 300 g/mol. The van der Waals surface area contributed by atoms with Gasteiger partial charge in [0.2, 0.25) is 5.91 Å². The molecule has 0 spiro atoms. The molecule has 5 heteroatoms. The van der Waals surface area contributed by atoms with Gasteiger partial charge in [-0.05, 0) is 49.4 Å². The van der Waals surface area contributed by atoms with E-state index < -0.39 is 0 Å². The second-order valence-corrected chi connectivity index (χ2v) is 6.57. The first-order chi connectivity index (χ1) is 10.3. The van der Waals surface area contributed by atoms with Crippen molar-refractivity contribution < 1.29 is 9.53 Å². The quantitative estimate of drug-likeness (QED) is 0.856. The number of piperidine rings is 1. The lowest BCUT2D eigenvalue weighted by Gasteiger charge is -2.37. The van der Waals surface area contributed by atoms with Crippen LogP contribution in [0.4, 0.5) is 0 Å². The van der Waals surface area contributed by atoms with Crippen molar-refractivity contribution in [1.29, 1.82) is 0 Å². The third kappa shape index (κ3) is 2.82. The van der Waals surface area contributed by atoms with E-state index in [-0.39, 0.29) is 24.2 Å². The topological polar surface area (TPSA) is 41.6 Å². The van der Waals surface area contributed by atoms with Crippen LogP contribution in [0.25, 0.3) is 0 Å². The summed E-state index contributed by atoms with van der Waals surface area (Å²) in [6.45, 7) is 4.57. The summed E-state index contributed by atoms with van der Waals surface area (Å²) in [5.41, 5.74) is 1.17. The van der Waals surface area contributed by atoms with Crippen molar-refractivity contribution >= 4 is 18.3 Å². The highest BCUT2D eigenvalue weighted by Gasteiger charge is 2.37.